The lowest BCUT2D eigenvalue weighted by molar-refractivity contribution is -0.661. The number of nitro groups is 1. The second-order valence-electron chi connectivity index (χ2n) is 2.88. The molecule has 2 aliphatic rings. The largest absolute Gasteiger partial charge is 0.509 e. The smallest absolute Gasteiger partial charge is 0.280 e. The maximum Gasteiger partial charge on any atom is 0.509 e. The van der Waals surface area contributed by atoms with Gasteiger partial charge in [0.15, 0.2) is 0 Å². The quantitative estimate of drug-likeness (QED) is 0.499. The van der Waals surface area contributed by atoms with Gasteiger partial charge in [-0.3, -0.25) is 24.4 Å². The number of rotatable bonds is 2. The summed E-state index contributed by atoms with van der Waals surface area (Å²) in [7, 11) is -1.28. The first-order chi connectivity index (χ1) is 7.15. The van der Waals surface area contributed by atoms with E-state index in [1.807, 2.05) is 0 Å². The molecule has 0 N–H and O–H groups in total. The number of nitrogens with zero attached hydrogens (tertiary/aromatic N) is 2. The highest BCUT2D eigenvalue weighted by Crippen LogP contribution is 2.28. The molecule has 0 radical (unpaired) electrons. The summed E-state index contributed by atoms with van der Waals surface area (Å²) in [6, 6.07) is 0. The predicted molar refractivity (Wildman–Crippen MR) is 50.2 cm³/mol. The Kier molecular flexibility index (Phi) is 2.63. The Morgan fingerprint density at radius 2 is 2.20 bits per heavy atom. The number of carbonyl (C=O) groups excluding carboxylic acids is 1. The normalized spacial score (nSPS) is 28.8. The molecule has 2 aliphatic heterocycles. The molecule has 7 nitrogen and oxygen atoms in total. The fourth-order valence-electron chi connectivity index (χ4n) is 1.23. The van der Waals surface area contributed by atoms with Crippen molar-refractivity contribution in [1.29, 1.82) is 0 Å². The SMILES string of the molecule is O=C1C=CS(C2([N+](=O)[O-])OCCCO2)=N1. The van der Waals surface area contributed by atoms with Gasteiger partial charge in [0.1, 0.15) is 0 Å². The maximum absolute atomic E-state index is 10.9. The minimum Gasteiger partial charge on any atom is -0.280 e. The van der Waals surface area contributed by atoms with E-state index in [9.17, 15) is 14.9 Å². The molecule has 1 unspecified atom stereocenters. The van der Waals surface area contributed by atoms with Crippen molar-refractivity contribution in [2.24, 2.45) is 4.36 Å². The lowest BCUT2D eigenvalue weighted by atomic mass is 10.5. The molecule has 0 aromatic carbocycles. The van der Waals surface area contributed by atoms with Crippen LogP contribution >= 0.6 is 0 Å². The van der Waals surface area contributed by atoms with Crippen LogP contribution in [0.5, 0.6) is 0 Å². The fourth-order valence-corrected chi connectivity index (χ4v) is 2.64. The monoisotopic (exact) mass is 232 g/mol. The first-order valence-corrected chi connectivity index (χ1v) is 5.49. The molecular weight excluding hydrogens is 224 g/mol. The Bertz CT molecular complexity index is 372. The van der Waals surface area contributed by atoms with Crippen LogP contribution in [0.4, 0.5) is 0 Å². The number of hydrogen-bond donors (Lipinski definition) is 0. The van der Waals surface area contributed by atoms with Crippen LogP contribution in [0, 0.1) is 10.1 Å². The Balaban J connectivity index is 2.34. The van der Waals surface area contributed by atoms with Gasteiger partial charge in [0, 0.05) is 11.5 Å². The van der Waals surface area contributed by atoms with E-state index in [-0.39, 0.29) is 13.2 Å². The average Bonchev–Trinajstić information content (AvgIpc) is 2.66. The molecule has 0 saturated carbocycles. The zero-order chi connectivity index (χ0) is 10.9. The van der Waals surface area contributed by atoms with Crippen molar-refractivity contribution < 1.29 is 19.2 Å². The third-order valence-electron chi connectivity index (χ3n) is 1.87. The van der Waals surface area contributed by atoms with E-state index < -0.39 is 26.8 Å². The van der Waals surface area contributed by atoms with Gasteiger partial charge in [-0.25, -0.2) is 0 Å². The summed E-state index contributed by atoms with van der Waals surface area (Å²) in [4.78, 5) is 21.1. The van der Waals surface area contributed by atoms with E-state index in [4.69, 9.17) is 9.47 Å². The molecule has 1 fully saturated rings. The molecule has 1 amide bonds. The van der Waals surface area contributed by atoms with Crippen molar-refractivity contribution >= 4 is 16.6 Å². The van der Waals surface area contributed by atoms with Crippen molar-refractivity contribution in [3.63, 3.8) is 0 Å². The molecule has 2 rings (SSSR count). The van der Waals surface area contributed by atoms with Crippen LogP contribution in [0.15, 0.2) is 15.8 Å². The highest BCUT2D eigenvalue weighted by molar-refractivity contribution is 7.91. The Hall–Kier alpha value is -1.12. The minimum atomic E-state index is -1.99. The standard InChI is InChI=1S/C7H8N2O5S/c10-6-2-5-15(8-6)7(9(11)12)13-3-1-4-14-7/h2,5H,1,3-4H2. The van der Waals surface area contributed by atoms with Crippen LogP contribution in [0.1, 0.15) is 6.42 Å². The summed E-state index contributed by atoms with van der Waals surface area (Å²) in [5.74, 6) is -0.489. The second kappa shape index (κ2) is 3.80. The summed E-state index contributed by atoms with van der Waals surface area (Å²) < 4.78 is 13.7. The molecular formula is C7H8N2O5S. The van der Waals surface area contributed by atoms with Crippen LogP contribution in [0.3, 0.4) is 0 Å². The summed E-state index contributed by atoms with van der Waals surface area (Å²) >= 11 is 0. The number of amides is 1. The molecule has 0 aromatic rings. The Morgan fingerprint density at radius 3 is 2.67 bits per heavy atom. The summed E-state index contributed by atoms with van der Waals surface area (Å²) in [6.07, 6.45) is 1.79. The third-order valence-corrected chi connectivity index (χ3v) is 3.56. The summed E-state index contributed by atoms with van der Waals surface area (Å²) in [5.41, 5.74) is 0. The Morgan fingerprint density at radius 1 is 1.53 bits per heavy atom. The highest BCUT2D eigenvalue weighted by Gasteiger charge is 2.53. The van der Waals surface area contributed by atoms with E-state index in [1.54, 1.807) is 0 Å². The maximum atomic E-state index is 10.9. The van der Waals surface area contributed by atoms with Crippen molar-refractivity contribution in [3.05, 3.63) is 21.6 Å². The van der Waals surface area contributed by atoms with Gasteiger partial charge in [0.05, 0.1) is 28.8 Å². The van der Waals surface area contributed by atoms with Crippen LogP contribution in [0.2, 0.25) is 0 Å². The van der Waals surface area contributed by atoms with Gasteiger partial charge in [0.2, 0.25) is 0 Å². The van der Waals surface area contributed by atoms with Crippen molar-refractivity contribution in [3.8, 4) is 0 Å². The van der Waals surface area contributed by atoms with Gasteiger partial charge in [-0.1, -0.05) is 0 Å². The first-order valence-electron chi connectivity index (χ1n) is 4.25. The van der Waals surface area contributed by atoms with Crippen LogP contribution in [-0.2, 0) is 25.0 Å². The average molecular weight is 232 g/mol. The third kappa shape index (κ3) is 1.71. The van der Waals surface area contributed by atoms with Crippen molar-refractivity contribution in [2.45, 2.75) is 11.7 Å². The van der Waals surface area contributed by atoms with Crippen LogP contribution in [0.25, 0.3) is 0 Å². The van der Waals surface area contributed by atoms with Gasteiger partial charge < -0.3 is 0 Å². The molecule has 0 bridgehead atoms. The van der Waals surface area contributed by atoms with Gasteiger partial charge in [-0.05, 0) is 6.42 Å². The minimum absolute atomic E-state index is 0.238. The topological polar surface area (TPSA) is 91.0 Å². The molecule has 0 spiro atoms. The van der Waals surface area contributed by atoms with E-state index >= 15 is 0 Å². The molecule has 1 atom stereocenters. The molecule has 1 saturated heterocycles. The van der Waals surface area contributed by atoms with E-state index in [0.29, 0.717) is 6.42 Å². The van der Waals surface area contributed by atoms with E-state index in [2.05, 4.69) is 4.36 Å². The molecule has 0 aromatic heterocycles. The highest BCUT2D eigenvalue weighted by atomic mass is 32.2. The molecule has 82 valence electrons. The number of hydrogen-bond acceptors (Lipinski definition) is 5. The van der Waals surface area contributed by atoms with Crippen LogP contribution < -0.4 is 0 Å². The first kappa shape index (κ1) is 10.4. The van der Waals surface area contributed by atoms with Gasteiger partial charge >= 0.3 is 5.24 Å². The second-order valence-corrected chi connectivity index (χ2v) is 4.48. The predicted octanol–water partition coefficient (Wildman–Crippen LogP) is 0.167. The Labute approximate surface area is 87.3 Å². The van der Waals surface area contributed by atoms with Gasteiger partial charge in [0.25, 0.3) is 5.91 Å². The molecule has 0 aliphatic carbocycles. The van der Waals surface area contributed by atoms with Gasteiger partial charge in [-0.2, -0.15) is 4.36 Å². The lowest BCUT2D eigenvalue weighted by Gasteiger charge is -2.27. The molecule has 15 heavy (non-hydrogen) atoms. The van der Waals surface area contributed by atoms with E-state index in [1.165, 1.54) is 11.5 Å². The fraction of sp³-hybridized carbons (Fsp3) is 0.571. The van der Waals surface area contributed by atoms with Crippen molar-refractivity contribution in [1.82, 2.24) is 0 Å². The lowest BCUT2D eigenvalue weighted by Crippen LogP contribution is -2.50. The van der Waals surface area contributed by atoms with Crippen molar-refractivity contribution in [2.75, 3.05) is 13.2 Å². The van der Waals surface area contributed by atoms with E-state index in [0.717, 1.165) is 0 Å². The molecule has 2 heterocycles. The van der Waals surface area contributed by atoms with Gasteiger partial charge in [-0.15, -0.1) is 0 Å². The zero-order valence-electron chi connectivity index (χ0n) is 7.62. The number of ether oxygens (including phenoxy) is 2. The summed E-state index contributed by atoms with van der Waals surface area (Å²) in [5, 5.41) is 10.3. The molecule has 8 heteroatoms. The van der Waals surface area contributed by atoms with Crippen LogP contribution in [-0.4, -0.2) is 29.3 Å². The number of carbonyl (C=O) groups is 1. The zero-order valence-corrected chi connectivity index (χ0v) is 8.44. The summed E-state index contributed by atoms with van der Waals surface area (Å²) in [6.45, 7) is 0.476.